The molecule has 0 radical (unpaired) electrons. The number of carboxylic acid groups (broad SMARTS) is 1. The van der Waals surface area contributed by atoms with Crippen molar-refractivity contribution >= 4 is 5.97 Å². The van der Waals surface area contributed by atoms with Crippen molar-refractivity contribution in [2.75, 3.05) is 13.2 Å². The van der Waals surface area contributed by atoms with Gasteiger partial charge in [-0.05, 0) is 20.3 Å². The molecule has 4 nitrogen and oxygen atoms in total. The van der Waals surface area contributed by atoms with Gasteiger partial charge in [0, 0.05) is 0 Å². The first kappa shape index (κ1) is 11.8. The molecule has 0 aliphatic rings. The van der Waals surface area contributed by atoms with Crippen molar-refractivity contribution in [2.45, 2.75) is 27.2 Å². The zero-order valence-corrected chi connectivity index (χ0v) is 8.29. The maximum Gasteiger partial charge on any atom is 0.338 e. The molecule has 4 heteroatoms. The van der Waals surface area contributed by atoms with Crippen LogP contribution in [0, 0.1) is 0 Å². The van der Waals surface area contributed by atoms with Crippen LogP contribution in [-0.4, -0.2) is 24.3 Å². The summed E-state index contributed by atoms with van der Waals surface area (Å²) in [6.45, 7) is 6.14. The SMILES string of the molecule is CCOC(OCC)=C(CC)C(=O)O. The van der Waals surface area contributed by atoms with Crippen LogP contribution in [0.1, 0.15) is 27.2 Å². The fourth-order valence-electron chi connectivity index (χ4n) is 0.861. The molecule has 0 spiro atoms. The van der Waals surface area contributed by atoms with Gasteiger partial charge >= 0.3 is 5.97 Å². The lowest BCUT2D eigenvalue weighted by atomic mass is 10.2. The van der Waals surface area contributed by atoms with Gasteiger partial charge < -0.3 is 14.6 Å². The maximum atomic E-state index is 10.7. The van der Waals surface area contributed by atoms with Crippen molar-refractivity contribution in [3.05, 3.63) is 11.5 Å². The van der Waals surface area contributed by atoms with Crippen LogP contribution < -0.4 is 0 Å². The van der Waals surface area contributed by atoms with E-state index >= 15 is 0 Å². The second-order valence-electron chi connectivity index (χ2n) is 2.29. The summed E-state index contributed by atoms with van der Waals surface area (Å²) in [5, 5.41) is 8.78. The van der Waals surface area contributed by atoms with Gasteiger partial charge in [-0.1, -0.05) is 6.92 Å². The average molecular weight is 188 g/mol. The van der Waals surface area contributed by atoms with Gasteiger partial charge in [0.25, 0.3) is 5.95 Å². The molecule has 0 bridgehead atoms. The molecular weight excluding hydrogens is 172 g/mol. The van der Waals surface area contributed by atoms with Crippen LogP contribution in [0.2, 0.25) is 0 Å². The van der Waals surface area contributed by atoms with Gasteiger partial charge in [-0.3, -0.25) is 0 Å². The van der Waals surface area contributed by atoms with Crippen molar-refractivity contribution in [1.29, 1.82) is 0 Å². The van der Waals surface area contributed by atoms with Gasteiger partial charge in [-0.15, -0.1) is 0 Å². The number of carboxylic acids is 1. The molecule has 0 amide bonds. The molecule has 1 N–H and O–H groups in total. The van der Waals surface area contributed by atoms with Gasteiger partial charge in [0.05, 0.1) is 13.2 Å². The van der Waals surface area contributed by atoms with Crippen LogP contribution in [0.4, 0.5) is 0 Å². The Labute approximate surface area is 78.2 Å². The zero-order chi connectivity index (χ0) is 10.3. The monoisotopic (exact) mass is 188 g/mol. The third-order valence-electron chi connectivity index (χ3n) is 1.41. The highest BCUT2D eigenvalue weighted by Crippen LogP contribution is 2.11. The predicted molar refractivity (Wildman–Crippen MR) is 48.2 cm³/mol. The Bertz CT molecular complexity index is 188. The normalized spacial score (nSPS) is 9.15. The Morgan fingerprint density at radius 2 is 1.62 bits per heavy atom. The largest absolute Gasteiger partial charge is 0.478 e. The molecule has 0 saturated carbocycles. The lowest BCUT2D eigenvalue weighted by molar-refractivity contribution is -0.133. The standard InChI is InChI=1S/C9H16O4/c1-4-7(8(10)11)9(12-5-2)13-6-3/h4-6H2,1-3H3,(H,10,11). The van der Waals surface area contributed by atoms with Crippen LogP contribution in [0.25, 0.3) is 0 Å². The number of hydrogen-bond donors (Lipinski definition) is 1. The lowest BCUT2D eigenvalue weighted by Crippen LogP contribution is -2.09. The number of hydrogen-bond acceptors (Lipinski definition) is 3. The summed E-state index contributed by atoms with van der Waals surface area (Å²) in [6, 6.07) is 0. The number of carbonyl (C=O) groups is 1. The van der Waals surface area contributed by atoms with Gasteiger partial charge in [0.15, 0.2) is 0 Å². The summed E-state index contributed by atoms with van der Waals surface area (Å²) in [5.74, 6) is -0.848. The highest BCUT2D eigenvalue weighted by Gasteiger charge is 2.14. The smallest absolute Gasteiger partial charge is 0.338 e. The van der Waals surface area contributed by atoms with Crippen molar-refractivity contribution in [1.82, 2.24) is 0 Å². The minimum Gasteiger partial charge on any atom is -0.478 e. The molecule has 0 rings (SSSR count). The average Bonchev–Trinajstić information content (AvgIpc) is 2.05. The second-order valence-corrected chi connectivity index (χ2v) is 2.29. The molecule has 0 aromatic carbocycles. The molecule has 0 fully saturated rings. The molecule has 0 heterocycles. The molecule has 0 atom stereocenters. The van der Waals surface area contributed by atoms with Crippen molar-refractivity contribution in [3.63, 3.8) is 0 Å². The van der Waals surface area contributed by atoms with Crippen LogP contribution in [0.15, 0.2) is 11.5 Å². The number of ether oxygens (including phenoxy) is 2. The molecular formula is C9H16O4. The minimum absolute atomic E-state index is 0.139. The first-order chi connectivity index (χ1) is 6.17. The zero-order valence-electron chi connectivity index (χ0n) is 8.29. The van der Waals surface area contributed by atoms with E-state index in [0.29, 0.717) is 19.6 Å². The van der Waals surface area contributed by atoms with E-state index in [-0.39, 0.29) is 11.5 Å². The fraction of sp³-hybridized carbons (Fsp3) is 0.667. The first-order valence-electron chi connectivity index (χ1n) is 4.39. The predicted octanol–water partition coefficient (Wildman–Crippen LogP) is 1.77. The van der Waals surface area contributed by atoms with Gasteiger partial charge in [-0.25, -0.2) is 4.79 Å². The van der Waals surface area contributed by atoms with Crippen LogP contribution in [0.5, 0.6) is 0 Å². The van der Waals surface area contributed by atoms with Gasteiger partial charge in [0.1, 0.15) is 5.57 Å². The van der Waals surface area contributed by atoms with Gasteiger partial charge in [-0.2, -0.15) is 0 Å². The quantitative estimate of drug-likeness (QED) is 0.509. The van der Waals surface area contributed by atoms with E-state index in [1.807, 2.05) is 0 Å². The Balaban J connectivity index is 4.65. The highest BCUT2D eigenvalue weighted by molar-refractivity contribution is 5.86. The molecule has 13 heavy (non-hydrogen) atoms. The topological polar surface area (TPSA) is 55.8 Å². The van der Waals surface area contributed by atoms with E-state index in [1.165, 1.54) is 0 Å². The Kier molecular flexibility index (Phi) is 5.76. The van der Waals surface area contributed by atoms with Crippen molar-refractivity contribution in [3.8, 4) is 0 Å². The Morgan fingerprint density at radius 3 is 1.85 bits per heavy atom. The fourth-order valence-corrected chi connectivity index (χ4v) is 0.861. The summed E-state index contributed by atoms with van der Waals surface area (Å²) in [7, 11) is 0. The molecule has 0 unspecified atom stereocenters. The second kappa shape index (κ2) is 6.34. The minimum atomic E-state index is -0.987. The van der Waals surface area contributed by atoms with Crippen LogP contribution >= 0.6 is 0 Å². The third kappa shape index (κ3) is 3.83. The molecule has 0 saturated heterocycles. The van der Waals surface area contributed by atoms with Crippen LogP contribution in [-0.2, 0) is 14.3 Å². The summed E-state index contributed by atoms with van der Waals surface area (Å²) < 4.78 is 10.1. The van der Waals surface area contributed by atoms with Crippen molar-refractivity contribution < 1.29 is 19.4 Å². The van der Waals surface area contributed by atoms with Crippen LogP contribution in [0.3, 0.4) is 0 Å². The van der Waals surface area contributed by atoms with E-state index in [4.69, 9.17) is 14.6 Å². The summed E-state index contributed by atoms with van der Waals surface area (Å²) >= 11 is 0. The third-order valence-corrected chi connectivity index (χ3v) is 1.41. The highest BCUT2D eigenvalue weighted by atomic mass is 16.7. The van der Waals surface area contributed by atoms with Crippen molar-refractivity contribution in [2.24, 2.45) is 0 Å². The molecule has 0 aliphatic carbocycles. The van der Waals surface area contributed by atoms with E-state index in [0.717, 1.165) is 0 Å². The van der Waals surface area contributed by atoms with E-state index in [1.54, 1.807) is 20.8 Å². The number of rotatable bonds is 6. The molecule has 0 aromatic rings. The maximum absolute atomic E-state index is 10.7. The lowest BCUT2D eigenvalue weighted by Gasteiger charge is -2.11. The van der Waals surface area contributed by atoms with E-state index in [9.17, 15) is 4.79 Å². The summed E-state index contributed by atoms with van der Waals surface area (Å²) in [6.07, 6.45) is 0.394. The van der Waals surface area contributed by atoms with E-state index < -0.39 is 5.97 Å². The Hall–Kier alpha value is -1.19. The summed E-state index contributed by atoms with van der Waals surface area (Å²) in [4.78, 5) is 10.7. The molecule has 0 aliphatic heterocycles. The van der Waals surface area contributed by atoms with E-state index in [2.05, 4.69) is 0 Å². The number of aliphatic carboxylic acids is 1. The summed E-state index contributed by atoms with van der Waals surface area (Å²) in [5.41, 5.74) is 0.184. The molecule has 0 aromatic heterocycles. The van der Waals surface area contributed by atoms with Gasteiger partial charge in [0.2, 0.25) is 0 Å². The molecule has 76 valence electrons. The first-order valence-corrected chi connectivity index (χ1v) is 4.39. The Morgan fingerprint density at radius 1 is 1.15 bits per heavy atom.